The minimum atomic E-state index is -0.913. The summed E-state index contributed by atoms with van der Waals surface area (Å²) >= 11 is 0. The molecule has 0 amide bonds. The minimum absolute atomic E-state index is 0.154. The Bertz CT molecular complexity index is 649. The number of benzene rings is 2. The lowest BCUT2D eigenvalue weighted by molar-refractivity contribution is -0.384. The van der Waals surface area contributed by atoms with Crippen molar-refractivity contribution in [3.05, 3.63) is 70.0 Å². The summed E-state index contributed by atoms with van der Waals surface area (Å²) in [5.41, 5.74) is -0.359. The molecule has 0 heterocycles. The lowest BCUT2D eigenvalue weighted by Crippen LogP contribution is -2.36. The number of rotatable bonds is 5. The van der Waals surface area contributed by atoms with E-state index in [1.807, 2.05) is 18.2 Å². The molecule has 5 nitrogen and oxygen atoms in total. The number of nitrogens with one attached hydrogen (secondary N) is 1. The van der Waals surface area contributed by atoms with Crippen LogP contribution in [0.1, 0.15) is 12.5 Å². The third-order valence-corrected chi connectivity index (χ3v) is 3.29. The van der Waals surface area contributed by atoms with Crippen molar-refractivity contribution in [1.29, 1.82) is 0 Å². The van der Waals surface area contributed by atoms with Gasteiger partial charge in [-0.15, -0.1) is 0 Å². The van der Waals surface area contributed by atoms with Crippen LogP contribution in [0.4, 0.5) is 15.8 Å². The van der Waals surface area contributed by atoms with Gasteiger partial charge in [-0.05, 0) is 24.6 Å². The number of nitro groups is 1. The highest BCUT2D eigenvalue weighted by Gasteiger charge is 2.28. The third kappa shape index (κ3) is 3.17. The molecule has 0 bridgehead atoms. The largest absolute Gasteiger partial charge is 0.394 e. The average Bonchev–Trinajstić information content (AvgIpc) is 2.49. The van der Waals surface area contributed by atoms with Crippen molar-refractivity contribution in [1.82, 2.24) is 0 Å². The first-order chi connectivity index (χ1) is 9.96. The van der Waals surface area contributed by atoms with Crippen molar-refractivity contribution in [2.24, 2.45) is 0 Å². The monoisotopic (exact) mass is 290 g/mol. The average molecular weight is 290 g/mol. The van der Waals surface area contributed by atoms with E-state index in [1.54, 1.807) is 19.1 Å². The number of nitro benzene ring substituents is 1. The van der Waals surface area contributed by atoms with Crippen LogP contribution in [0.5, 0.6) is 0 Å². The van der Waals surface area contributed by atoms with Crippen LogP contribution < -0.4 is 5.32 Å². The molecule has 0 fully saturated rings. The second kappa shape index (κ2) is 5.88. The zero-order valence-corrected chi connectivity index (χ0v) is 11.4. The molecular weight excluding hydrogens is 275 g/mol. The van der Waals surface area contributed by atoms with E-state index in [9.17, 15) is 19.6 Å². The molecule has 2 aromatic carbocycles. The van der Waals surface area contributed by atoms with Crippen molar-refractivity contribution >= 4 is 11.4 Å². The summed E-state index contributed by atoms with van der Waals surface area (Å²) in [6, 6.07) is 12.3. The predicted molar refractivity (Wildman–Crippen MR) is 77.6 cm³/mol. The van der Waals surface area contributed by atoms with E-state index in [0.29, 0.717) is 0 Å². The van der Waals surface area contributed by atoms with Gasteiger partial charge in [0.2, 0.25) is 0 Å². The van der Waals surface area contributed by atoms with Gasteiger partial charge in [0.05, 0.1) is 23.1 Å². The first kappa shape index (κ1) is 14.9. The highest BCUT2D eigenvalue weighted by Crippen LogP contribution is 2.31. The van der Waals surface area contributed by atoms with E-state index in [1.165, 1.54) is 6.07 Å². The number of aliphatic hydroxyl groups excluding tert-OH is 1. The lowest BCUT2D eigenvalue weighted by Gasteiger charge is -2.30. The quantitative estimate of drug-likeness (QED) is 0.655. The standard InChI is InChI=1S/C15H15FN2O3/c1-15(10-19,11-5-3-2-4-6-11)17-13-8-7-12(16)9-14(13)18(20)21/h2-9,17,19H,10H2,1H3. The number of hydrogen-bond acceptors (Lipinski definition) is 4. The van der Waals surface area contributed by atoms with E-state index in [-0.39, 0.29) is 18.0 Å². The SMILES string of the molecule is CC(CO)(Nc1ccc(F)cc1[N+](=O)[O-])c1ccccc1. The molecule has 2 rings (SSSR count). The van der Waals surface area contributed by atoms with E-state index in [0.717, 1.165) is 17.7 Å². The Hall–Kier alpha value is -2.47. The molecule has 0 spiro atoms. The van der Waals surface area contributed by atoms with Crippen molar-refractivity contribution in [3.63, 3.8) is 0 Å². The fraction of sp³-hybridized carbons (Fsp3) is 0.200. The number of nitrogens with zero attached hydrogens (tertiary/aromatic N) is 1. The van der Waals surface area contributed by atoms with Crippen LogP contribution in [0.3, 0.4) is 0 Å². The Labute approximate surface area is 121 Å². The van der Waals surface area contributed by atoms with E-state index in [2.05, 4.69) is 5.32 Å². The summed E-state index contributed by atoms with van der Waals surface area (Å²) in [7, 11) is 0. The minimum Gasteiger partial charge on any atom is -0.394 e. The molecule has 110 valence electrons. The molecule has 0 saturated carbocycles. The maximum absolute atomic E-state index is 13.2. The van der Waals surface area contributed by atoms with Crippen LogP contribution in [0, 0.1) is 15.9 Å². The van der Waals surface area contributed by atoms with Crippen LogP contribution in [0.2, 0.25) is 0 Å². The van der Waals surface area contributed by atoms with Gasteiger partial charge in [-0.3, -0.25) is 10.1 Å². The molecule has 2 aromatic rings. The summed E-state index contributed by atoms with van der Waals surface area (Å²) < 4.78 is 13.2. The number of halogens is 1. The Morgan fingerprint density at radius 1 is 1.29 bits per heavy atom. The molecule has 0 aliphatic heterocycles. The maximum Gasteiger partial charge on any atom is 0.295 e. The summed E-state index contributed by atoms with van der Waals surface area (Å²) in [6.45, 7) is 1.45. The van der Waals surface area contributed by atoms with E-state index < -0.39 is 16.3 Å². The normalized spacial score (nSPS) is 13.5. The van der Waals surface area contributed by atoms with Crippen LogP contribution in [0.25, 0.3) is 0 Å². The van der Waals surface area contributed by atoms with Crippen molar-refractivity contribution in [2.45, 2.75) is 12.5 Å². The molecule has 6 heteroatoms. The molecular formula is C15H15FN2O3. The zero-order valence-electron chi connectivity index (χ0n) is 11.4. The van der Waals surface area contributed by atoms with Crippen molar-refractivity contribution in [3.8, 4) is 0 Å². The van der Waals surface area contributed by atoms with Gasteiger partial charge in [-0.1, -0.05) is 30.3 Å². The topological polar surface area (TPSA) is 75.4 Å². The van der Waals surface area contributed by atoms with Gasteiger partial charge >= 0.3 is 0 Å². The highest BCUT2D eigenvalue weighted by atomic mass is 19.1. The maximum atomic E-state index is 13.2. The van der Waals surface area contributed by atoms with Crippen molar-refractivity contribution in [2.75, 3.05) is 11.9 Å². The molecule has 0 aliphatic carbocycles. The summed E-state index contributed by atoms with van der Waals surface area (Å²) in [6.07, 6.45) is 0. The number of anilines is 1. The predicted octanol–water partition coefficient (Wildman–Crippen LogP) is 3.05. The smallest absolute Gasteiger partial charge is 0.295 e. The summed E-state index contributed by atoms with van der Waals surface area (Å²) in [5.74, 6) is -0.683. The van der Waals surface area contributed by atoms with Crippen molar-refractivity contribution < 1.29 is 14.4 Å². The first-order valence-corrected chi connectivity index (χ1v) is 6.35. The Balaban J connectivity index is 2.42. The van der Waals surface area contributed by atoms with Crippen LogP contribution in [0.15, 0.2) is 48.5 Å². The highest BCUT2D eigenvalue weighted by molar-refractivity contribution is 5.63. The zero-order chi connectivity index (χ0) is 15.5. The van der Waals surface area contributed by atoms with Gasteiger partial charge in [0.15, 0.2) is 0 Å². The molecule has 0 aliphatic rings. The number of aliphatic hydroxyl groups is 1. The fourth-order valence-corrected chi connectivity index (χ4v) is 2.07. The first-order valence-electron chi connectivity index (χ1n) is 6.35. The summed E-state index contributed by atoms with van der Waals surface area (Å²) in [5, 5.41) is 23.6. The van der Waals surface area contributed by atoms with Crippen LogP contribution in [-0.2, 0) is 5.54 Å². The van der Waals surface area contributed by atoms with Gasteiger partial charge in [-0.2, -0.15) is 0 Å². The van der Waals surface area contributed by atoms with Crippen LogP contribution in [-0.4, -0.2) is 16.6 Å². The molecule has 0 aromatic heterocycles. The molecule has 21 heavy (non-hydrogen) atoms. The lowest BCUT2D eigenvalue weighted by atomic mass is 9.92. The van der Waals surface area contributed by atoms with Gasteiger partial charge < -0.3 is 10.4 Å². The van der Waals surface area contributed by atoms with Crippen LogP contribution >= 0.6 is 0 Å². The Morgan fingerprint density at radius 2 is 1.95 bits per heavy atom. The molecule has 0 radical (unpaired) electrons. The van der Waals surface area contributed by atoms with Gasteiger partial charge in [0.1, 0.15) is 11.5 Å². The molecule has 2 N–H and O–H groups in total. The third-order valence-electron chi connectivity index (χ3n) is 3.29. The second-order valence-electron chi connectivity index (χ2n) is 4.90. The fourth-order valence-electron chi connectivity index (χ4n) is 2.07. The summed E-state index contributed by atoms with van der Waals surface area (Å²) in [4.78, 5) is 10.4. The molecule has 1 atom stereocenters. The van der Waals surface area contributed by atoms with E-state index >= 15 is 0 Å². The van der Waals surface area contributed by atoms with Gasteiger partial charge in [0.25, 0.3) is 5.69 Å². The Kier molecular flexibility index (Phi) is 4.18. The molecule has 1 unspecified atom stereocenters. The van der Waals surface area contributed by atoms with Gasteiger partial charge in [-0.25, -0.2) is 4.39 Å². The Morgan fingerprint density at radius 3 is 2.52 bits per heavy atom. The number of hydrogen-bond donors (Lipinski definition) is 2. The van der Waals surface area contributed by atoms with Gasteiger partial charge in [0, 0.05) is 0 Å². The van der Waals surface area contributed by atoms with E-state index in [4.69, 9.17) is 0 Å². The molecule has 0 saturated heterocycles. The second-order valence-corrected chi connectivity index (χ2v) is 4.90.